The minimum atomic E-state index is -0.380. The van der Waals surface area contributed by atoms with Gasteiger partial charge in [-0.1, -0.05) is 0 Å². The van der Waals surface area contributed by atoms with Gasteiger partial charge >= 0.3 is 6.09 Å². The van der Waals surface area contributed by atoms with Crippen LogP contribution in [0, 0.1) is 0 Å². The summed E-state index contributed by atoms with van der Waals surface area (Å²) in [5.41, 5.74) is 0.765. The summed E-state index contributed by atoms with van der Waals surface area (Å²) in [5.74, 6) is 0. The molecule has 0 bridgehead atoms. The van der Waals surface area contributed by atoms with Crippen LogP contribution in [-0.4, -0.2) is 17.6 Å². The Hall–Kier alpha value is -1.10. The highest BCUT2D eigenvalue weighted by Gasteiger charge is 2.24. The Balaban J connectivity index is 2.17. The number of ether oxygens (including phenoxy) is 1. The number of alkyl carbamates (subject to hydrolysis) is 1. The van der Waals surface area contributed by atoms with Crippen molar-refractivity contribution in [3.05, 3.63) is 28.5 Å². The van der Waals surface area contributed by atoms with Crippen LogP contribution < -0.4 is 5.32 Å². The van der Waals surface area contributed by atoms with Gasteiger partial charge < -0.3 is 10.1 Å². The van der Waals surface area contributed by atoms with Gasteiger partial charge in [-0.2, -0.15) is 0 Å². The van der Waals surface area contributed by atoms with Crippen LogP contribution in [0.3, 0.4) is 0 Å². The highest BCUT2D eigenvalue weighted by atomic mass is 79.9. The molecule has 68 valence electrons. The summed E-state index contributed by atoms with van der Waals surface area (Å²) < 4.78 is 5.87. The Morgan fingerprint density at radius 3 is 3.00 bits per heavy atom. The Bertz CT molecular complexity index is 325. The molecule has 5 heteroatoms. The number of rotatable bonds is 1. The normalized spacial score (nSPS) is 21.0. The lowest BCUT2D eigenvalue weighted by molar-refractivity contribution is 0.139. The zero-order valence-electron chi connectivity index (χ0n) is 6.66. The number of nitrogens with one attached hydrogen (secondary N) is 1. The summed E-state index contributed by atoms with van der Waals surface area (Å²) in [6.07, 6.45) is 1.05. The first-order chi connectivity index (χ1) is 6.25. The molecule has 1 aromatic rings. The highest BCUT2D eigenvalue weighted by molar-refractivity contribution is 9.10. The molecule has 2 heterocycles. The Kier molecular flexibility index (Phi) is 2.18. The quantitative estimate of drug-likeness (QED) is 0.815. The monoisotopic (exact) mass is 242 g/mol. The van der Waals surface area contributed by atoms with E-state index < -0.39 is 0 Å². The van der Waals surface area contributed by atoms with Crippen molar-refractivity contribution in [2.24, 2.45) is 0 Å². The number of halogens is 1. The van der Waals surface area contributed by atoms with Crippen LogP contribution in [0.4, 0.5) is 4.79 Å². The van der Waals surface area contributed by atoms with E-state index in [0.717, 1.165) is 10.2 Å². The van der Waals surface area contributed by atoms with Gasteiger partial charge in [-0.15, -0.1) is 0 Å². The fourth-order valence-corrected chi connectivity index (χ4v) is 1.37. The van der Waals surface area contributed by atoms with E-state index >= 15 is 0 Å². The van der Waals surface area contributed by atoms with Gasteiger partial charge in [0, 0.05) is 10.7 Å². The number of amides is 1. The molecule has 1 saturated heterocycles. The van der Waals surface area contributed by atoms with Gasteiger partial charge in [0.15, 0.2) is 6.10 Å². The third-order valence-electron chi connectivity index (χ3n) is 1.76. The average molecular weight is 243 g/mol. The van der Waals surface area contributed by atoms with E-state index in [1.807, 2.05) is 12.1 Å². The Morgan fingerprint density at radius 2 is 2.46 bits per heavy atom. The lowest BCUT2D eigenvalue weighted by atomic mass is 10.2. The Morgan fingerprint density at radius 1 is 1.62 bits per heavy atom. The summed E-state index contributed by atoms with van der Waals surface area (Å²) in [7, 11) is 0. The predicted octanol–water partition coefficient (Wildman–Crippen LogP) is 1.62. The first kappa shape index (κ1) is 8.50. The molecule has 1 aliphatic rings. The summed E-state index contributed by atoms with van der Waals surface area (Å²) in [4.78, 5) is 14.9. The third kappa shape index (κ3) is 1.80. The van der Waals surface area contributed by atoms with Crippen LogP contribution in [0.5, 0.6) is 0 Å². The van der Waals surface area contributed by atoms with Crippen molar-refractivity contribution in [3.8, 4) is 0 Å². The van der Waals surface area contributed by atoms with E-state index in [0.29, 0.717) is 6.54 Å². The van der Waals surface area contributed by atoms with E-state index in [9.17, 15) is 4.79 Å². The third-order valence-corrected chi connectivity index (χ3v) is 2.23. The van der Waals surface area contributed by atoms with Crippen molar-refractivity contribution in [3.63, 3.8) is 0 Å². The van der Waals surface area contributed by atoms with Crippen LogP contribution in [0.25, 0.3) is 0 Å². The lowest BCUT2D eigenvalue weighted by Gasteiger charge is -2.05. The number of pyridine rings is 1. The van der Waals surface area contributed by atoms with E-state index in [4.69, 9.17) is 4.74 Å². The van der Waals surface area contributed by atoms with Gasteiger partial charge in [0.2, 0.25) is 0 Å². The molecule has 13 heavy (non-hydrogen) atoms. The van der Waals surface area contributed by atoms with Gasteiger partial charge in [-0.3, -0.25) is 4.98 Å². The molecule has 1 fully saturated rings. The van der Waals surface area contributed by atoms with E-state index in [1.165, 1.54) is 0 Å². The molecule has 0 spiro atoms. The number of carbonyl (C=O) groups is 1. The molecule has 1 N–H and O–H groups in total. The number of aromatic nitrogens is 1. The maximum Gasteiger partial charge on any atom is 0.408 e. The molecule has 1 aliphatic heterocycles. The van der Waals surface area contributed by atoms with Crippen molar-refractivity contribution in [2.45, 2.75) is 6.10 Å². The maximum atomic E-state index is 10.7. The van der Waals surface area contributed by atoms with Crippen molar-refractivity contribution in [1.29, 1.82) is 0 Å². The summed E-state index contributed by atoms with van der Waals surface area (Å²) >= 11 is 3.28. The van der Waals surface area contributed by atoms with Crippen molar-refractivity contribution < 1.29 is 9.53 Å². The molecule has 0 aliphatic carbocycles. The average Bonchev–Trinajstić information content (AvgIpc) is 2.53. The molecule has 0 saturated carbocycles. The molecule has 1 amide bonds. The minimum Gasteiger partial charge on any atom is -0.438 e. The van der Waals surface area contributed by atoms with Crippen LogP contribution >= 0.6 is 15.9 Å². The van der Waals surface area contributed by atoms with Gasteiger partial charge in [0.05, 0.1) is 12.2 Å². The fourth-order valence-electron chi connectivity index (χ4n) is 1.13. The first-order valence-corrected chi connectivity index (χ1v) is 4.61. The van der Waals surface area contributed by atoms with E-state index in [2.05, 4.69) is 26.2 Å². The first-order valence-electron chi connectivity index (χ1n) is 3.81. The molecule has 0 radical (unpaired) electrons. The second kappa shape index (κ2) is 3.33. The van der Waals surface area contributed by atoms with Crippen molar-refractivity contribution in [1.82, 2.24) is 10.3 Å². The zero-order valence-corrected chi connectivity index (χ0v) is 8.24. The number of cyclic esters (lactones) is 1. The summed E-state index contributed by atoms with van der Waals surface area (Å²) in [6, 6.07) is 3.70. The van der Waals surface area contributed by atoms with Crippen molar-refractivity contribution in [2.75, 3.05) is 6.54 Å². The largest absolute Gasteiger partial charge is 0.438 e. The van der Waals surface area contributed by atoms with Crippen LogP contribution in [0.2, 0.25) is 0 Å². The topological polar surface area (TPSA) is 51.2 Å². The number of hydrogen-bond acceptors (Lipinski definition) is 3. The van der Waals surface area contributed by atoms with E-state index in [1.54, 1.807) is 6.20 Å². The molecule has 0 unspecified atom stereocenters. The molecule has 2 rings (SSSR count). The predicted molar refractivity (Wildman–Crippen MR) is 49.2 cm³/mol. The standard InChI is InChI=1S/C8H7BrN2O2/c9-5-1-2-6(10-3-5)7-4-11-8(12)13-7/h1-3,7H,4H2,(H,11,12)/t7-/m1/s1. The maximum absolute atomic E-state index is 10.7. The smallest absolute Gasteiger partial charge is 0.408 e. The van der Waals surface area contributed by atoms with Crippen LogP contribution in [0.1, 0.15) is 11.8 Å². The van der Waals surface area contributed by atoms with Gasteiger partial charge in [0.1, 0.15) is 0 Å². The van der Waals surface area contributed by atoms with Crippen LogP contribution in [0.15, 0.2) is 22.8 Å². The molecular weight excluding hydrogens is 236 g/mol. The molecule has 0 aromatic carbocycles. The SMILES string of the molecule is O=C1NC[C@H](c2ccc(Br)cn2)O1. The number of nitrogens with zero attached hydrogens (tertiary/aromatic N) is 1. The van der Waals surface area contributed by atoms with Crippen LogP contribution in [-0.2, 0) is 4.74 Å². The number of carbonyl (C=O) groups excluding carboxylic acids is 1. The summed E-state index contributed by atoms with van der Waals surface area (Å²) in [5, 5.41) is 2.57. The second-order valence-corrected chi connectivity index (χ2v) is 3.59. The van der Waals surface area contributed by atoms with Gasteiger partial charge in [-0.25, -0.2) is 4.79 Å². The van der Waals surface area contributed by atoms with E-state index in [-0.39, 0.29) is 12.2 Å². The molecule has 4 nitrogen and oxygen atoms in total. The second-order valence-electron chi connectivity index (χ2n) is 2.68. The minimum absolute atomic E-state index is 0.249. The molecule has 1 atom stereocenters. The Labute approximate surface area is 83.4 Å². The molecular formula is C8H7BrN2O2. The zero-order chi connectivity index (χ0) is 9.26. The van der Waals surface area contributed by atoms with Gasteiger partial charge in [0.25, 0.3) is 0 Å². The summed E-state index contributed by atoms with van der Waals surface area (Å²) in [6.45, 7) is 0.494. The van der Waals surface area contributed by atoms with Crippen molar-refractivity contribution >= 4 is 22.0 Å². The fraction of sp³-hybridized carbons (Fsp3) is 0.250. The number of hydrogen-bond donors (Lipinski definition) is 1. The lowest BCUT2D eigenvalue weighted by Crippen LogP contribution is -2.12. The molecule has 1 aromatic heterocycles. The van der Waals surface area contributed by atoms with Gasteiger partial charge in [-0.05, 0) is 28.1 Å². The highest BCUT2D eigenvalue weighted by Crippen LogP contribution is 2.19.